The van der Waals surface area contributed by atoms with Crippen molar-refractivity contribution in [2.24, 2.45) is 0 Å². The van der Waals surface area contributed by atoms with Crippen LogP contribution in [0.25, 0.3) is 0 Å². The van der Waals surface area contributed by atoms with E-state index in [1.54, 1.807) is 6.92 Å². The second kappa shape index (κ2) is 4.88. The maximum atomic E-state index is 10.5. The van der Waals surface area contributed by atoms with E-state index in [1.165, 1.54) is 0 Å². The minimum absolute atomic E-state index is 0.0399. The van der Waals surface area contributed by atoms with Crippen LogP contribution in [-0.4, -0.2) is 34.6 Å². The van der Waals surface area contributed by atoms with Gasteiger partial charge in [-0.25, -0.2) is 0 Å². The van der Waals surface area contributed by atoms with Gasteiger partial charge in [0.2, 0.25) is 0 Å². The molecule has 0 aromatic carbocycles. The van der Waals surface area contributed by atoms with Gasteiger partial charge in [-0.05, 0) is 27.7 Å². The van der Waals surface area contributed by atoms with Crippen molar-refractivity contribution in [1.82, 2.24) is 4.90 Å². The van der Waals surface area contributed by atoms with Gasteiger partial charge in [-0.15, -0.1) is 5.92 Å². The third kappa shape index (κ3) is 5.26. The van der Waals surface area contributed by atoms with Crippen molar-refractivity contribution in [3.63, 3.8) is 0 Å². The Morgan fingerprint density at radius 1 is 1.46 bits per heavy atom. The Morgan fingerprint density at radius 2 is 2.00 bits per heavy atom. The van der Waals surface area contributed by atoms with E-state index >= 15 is 0 Å². The number of carboxylic acid groups (broad SMARTS) is 1. The minimum Gasteiger partial charge on any atom is -0.480 e. The van der Waals surface area contributed by atoms with Crippen LogP contribution in [0.1, 0.15) is 27.7 Å². The lowest BCUT2D eigenvalue weighted by Gasteiger charge is -2.32. The number of hydrogen-bond donors (Lipinski definition) is 1. The highest BCUT2D eigenvalue weighted by Crippen LogP contribution is 2.11. The van der Waals surface area contributed by atoms with Crippen molar-refractivity contribution in [2.75, 3.05) is 13.1 Å². The molecule has 0 aromatic heterocycles. The molecule has 0 aliphatic carbocycles. The van der Waals surface area contributed by atoms with Gasteiger partial charge in [0.05, 0.1) is 13.1 Å². The molecular formula is C10H17NO2. The summed E-state index contributed by atoms with van der Waals surface area (Å²) in [5.41, 5.74) is -0.151. The molecule has 0 aromatic rings. The largest absolute Gasteiger partial charge is 0.480 e. The maximum absolute atomic E-state index is 10.5. The number of rotatable bonds is 3. The summed E-state index contributed by atoms with van der Waals surface area (Å²) in [5.74, 6) is 4.82. The lowest BCUT2D eigenvalue weighted by molar-refractivity contribution is -0.139. The zero-order valence-corrected chi connectivity index (χ0v) is 8.72. The van der Waals surface area contributed by atoms with E-state index in [0.29, 0.717) is 6.54 Å². The van der Waals surface area contributed by atoms with Crippen LogP contribution >= 0.6 is 0 Å². The third-order valence-electron chi connectivity index (χ3n) is 1.72. The maximum Gasteiger partial charge on any atom is 0.317 e. The molecule has 0 amide bonds. The molecule has 0 aliphatic rings. The highest BCUT2D eigenvalue weighted by Gasteiger charge is 2.22. The summed E-state index contributed by atoms with van der Waals surface area (Å²) < 4.78 is 0. The first-order valence-corrected chi connectivity index (χ1v) is 4.24. The Hall–Kier alpha value is -1.01. The molecule has 0 aliphatic heterocycles. The average molecular weight is 183 g/mol. The van der Waals surface area contributed by atoms with Crippen LogP contribution in [0.2, 0.25) is 0 Å². The highest BCUT2D eigenvalue weighted by molar-refractivity contribution is 5.69. The second-order valence-corrected chi connectivity index (χ2v) is 3.85. The van der Waals surface area contributed by atoms with Crippen LogP contribution in [-0.2, 0) is 4.79 Å². The predicted octanol–water partition coefficient (Wildman–Crippen LogP) is 1.19. The topological polar surface area (TPSA) is 40.5 Å². The Bertz CT molecular complexity index is 230. The normalized spacial score (nSPS) is 10.8. The van der Waals surface area contributed by atoms with E-state index in [-0.39, 0.29) is 12.1 Å². The molecule has 3 nitrogen and oxygen atoms in total. The molecule has 3 heteroatoms. The fraction of sp³-hybridized carbons (Fsp3) is 0.700. The molecular weight excluding hydrogens is 166 g/mol. The van der Waals surface area contributed by atoms with Crippen molar-refractivity contribution in [2.45, 2.75) is 33.2 Å². The predicted molar refractivity (Wildman–Crippen MR) is 52.4 cm³/mol. The average Bonchev–Trinajstić information content (AvgIpc) is 1.95. The quantitative estimate of drug-likeness (QED) is 0.668. The number of carboxylic acids is 1. The van der Waals surface area contributed by atoms with Gasteiger partial charge in [-0.2, -0.15) is 0 Å². The summed E-state index contributed by atoms with van der Waals surface area (Å²) >= 11 is 0. The first-order chi connectivity index (χ1) is 5.88. The molecule has 0 saturated heterocycles. The molecule has 0 radical (unpaired) electrons. The van der Waals surface area contributed by atoms with Crippen LogP contribution < -0.4 is 0 Å². The van der Waals surface area contributed by atoms with Gasteiger partial charge in [-0.3, -0.25) is 9.69 Å². The van der Waals surface area contributed by atoms with Crippen LogP contribution in [0.15, 0.2) is 0 Å². The van der Waals surface area contributed by atoms with Crippen molar-refractivity contribution in [1.29, 1.82) is 0 Å². The molecule has 0 atom stereocenters. The minimum atomic E-state index is -0.812. The fourth-order valence-electron chi connectivity index (χ4n) is 0.868. The summed E-state index contributed by atoms with van der Waals surface area (Å²) in [7, 11) is 0. The summed E-state index contributed by atoms with van der Waals surface area (Å²) in [6.07, 6.45) is 0. The number of hydrogen-bond acceptors (Lipinski definition) is 2. The van der Waals surface area contributed by atoms with Gasteiger partial charge in [0, 0.05) is 5.54 Å². The number of carbonyl (C=O) groups is 1. The van der Waals surface area contributed by atoms with Crippen LogP contribution in [0.3, 0.4) is 0 Å². The van der Waals surface area contributed by atoms with E-state index in [9.17, 15) is 4.79 Å². The van der Waals surface area contributed by atoms with E-state index < -0.39 is 5.97 Å². The standard InChI is InChI=1S/C10H17NO2/c1-5-6-7-11(8-9(12)13)10(2,3)4/h7-8H2,1-4H3,(H,12,13). The fourth-order valence-corrected chi connectivity index (χ4v) is 0.868. The Balaban J connectivity index is 4.34. The van der Waals surface area contributed by atoms with Crippen LogP contribution in [0, 0.1) is 11.8 Å². The first-order valence-electron chi connectivity index (χ1n) is 4.24. The van der Waals surface area contributed by atoms with Crippen molar-refractivity contribution < 1.29 is 9.90 Å². The summed E-state index contributed by atoms with van der Waals surface area (Å²) in [4.78, 5) is 12.4. The zero-order valence-electron chi connectivity index (χ0n) is 8.72. The van der Waals surface area contributed by atoms with E-state index in [1.807, 2.05) is 25.7 Å². The van der Waals surface area contributed by atoms with Crippen molar-refractivity contribution in [3.8, 4) is 11.8 Å². The van der Waals surface area contributed by atoms with E-state index in [2.05, 4.69) is 11.8 Å². The van der Waals surface area contributed by atoms with Crippen LogP contribution in [0.5, 0.6) is 0 Å². The monoisotopic (exact) mass is 183 g/mol. The lowest BCUT2D eigenvalue weighted by atomic mass is 10.1. The number of aliphatic carboxylic acids is 1. The molecule has 0 spiro atoms. The second-order valence-electron chi connectivity index (χ2n) is 3.85. The summed E-state index contributed by atoms with van der Waals surface area (Å²) in [6.45, 7) is 8.24. The molecule has 0 rings (SSSR count). The van der Waals surface area contributed by atoms with E-state index in [4.69, 9.17) is 5.11 Å². The molecule has 13 heavy (non-hydrogen) atoms. The summed E-state index contributed by atoms with van der Waals surface area (Å²) in [6, 6.07) is 0. The van der Waals surface area contributed by atoms with Gasteiger partial charge in [0.1, 0.15) is 0 Å². The molecule has 0 heterocycles. The number of nitrogens with zero attached hydrogens (tertiary/aromatic N) is 1. The Kier molecular flexibility index (Phi) is 4.50. The van der Waals surface area contributed by atoms with Gasteiger partial charge >= 0.3 is 5.97 Å². The lowest BCUT2D eigenvalue weighted by Crippen LogP contribution is -2.44. The molecule has 0 fully saturated rings. The van der Waals surface area contributed by atoms with Gasteiger partial charge in [0.25, 0.3) is 0 Å². The van der Waals surface area contributed by atoms with Crippen LogP contribution in [0.4, 0.5) is 0 Å². The SMILES string of the molecule is CC#CCN(CC(=O)O)C(C)(C)C. The molecule has 0 saturated carbocycles. The van der Waals surface area contributed by atoms with Gasteiger partial charge in [-0.1, -0.05) is 5.92 Å². The first kappa shape index (κ1) is 12.0. The van der Waals surface area contributed by atoms with Crippen molar-refractivity contribution in [3.05, 3.63) is 0 Å². The third-order valence-corrected chi connectivity index (χ3v) is 1.72. The van der Waals surface area contributed by atoms with Gasteiger partial charge < -0.3 is 5.11 Å². The Morgan fingerprint density at radius 3 is 2.31 bits per heavy atom. The molecule has 74 valence electrons. The van der Waals surface area contributed by atoms with Gasteiger partial charge in [0.15, 0.2) is 0 Å². The highest BCUT2D eigenvalue weighted by atomic mass is 16.4. The molecule has 0 bridgehead atoms. The Labute approximate surface area is 79.7 Å². The van der Waals surface area contributed by atoms with E-state index in [0.717, 1.165) is 0 Å². The van der Waals surface area contributed by atoms with Crippen molar-refractivity contribution >= 4 is 5.97 Å². The molecule has 0 unspecified atom stereocenters. The summed E-state index contributed by atoms with van der Waals surface area (Å²) in [5, 5.41) is 8.66. The zero-order chi connectivity index (χ0) is 10.5. The smallest absolute Gasteiger partial charge is 0.317 e. The molecule has 1 N–H and O–H groups in total.